The van der Waals surface area contributed by atoms with Crippen molar-refractivity contribution < 1.29 is 13.6 Å². The zero-order valence-electron chi connectivity index (χ0n) is 12.2. The van der Waals surface area contributed by atoms with Gasteiger partial charge in [0.1, 0.15) is 0 Å². The number of hydrogen-bond donors (Lipinski definition) is 2. The molecular weight excluding hydrogens is 262 g/mol. The lowest BCUT2D eigenvalue weighted by molar-refractivity contribution is -0.122. The molecule has 0 fully saturated rings. The monoisotopic (exact) mass is 284 g/mol. The second kappa shape index (κ2) is 7.33. The number of nitrogens with one attached hydrogen (secondary N) is 2. The molecule has 1 aromatic carbocycles. The summed E-state index contributed by atoms with van der Waals surface area (Å²) in [5.41, 5.74) is 0.580. The molecule has 0 saturated heterocycles. The van der Waals surface area contributed by atoms with Gasteiger partial charge in [0.25, 0.3) is 6.43 Å². The average Bonchev–Trinajstić information content (AvgIpc) is 2.33. The molecule has 0 saturated carbocycles. The van der Waals surface area contributed by atoms with Gasteiger partial charge >= 0.3 is 0 Å². The van der Waals surface area contributed by atoms with Gasteiger partial charge in [-0.25, -0.2) is 8.78 Å². The van der Waals surface area contributed by atoms with Crippen LogP contribution in [-0.2, 0) is 11.3 Å². The molecule has 1 rings (SSSR count). The molecule has 0 atom stereocenters. The van der Waals surface area contributed by atoms with Gasteiger partial charge in [-0.1, -0.05) is 18.2 Å². The van der Waals surface area contributed by atoms with Crippen LogP contribution in [0.1, 0.15) is 44.7 Å². The first-order chi connectivity index (χ1) is 9.28. The predicted molar refractivity (Wildman–Crippen MR) is 75.6 cm³/mol. The van der Waals surface area contributed by atoms with E-state index in [9.17, 15) is 13.6 Å². The van der Waals surface area contributed by atoms with E-state index in [1.165, 1.54) is 12.1 Å². The van der Waals surface area contributed by atoms with E-state index in [1.54, 1.807) is 12.1 Å². The van der Waals surface area contributed by atoms with Crippen molar-refractivity contribution in [2.45, 2.75) is 45.7 Å². The SMILES string of the molecule is CC(C)(C)NC(=O)CCNCc1cccc(C(F)F)c1. The van der Waals surface area contributed by atoms with E-state index in [-0.39, 0.29) is 17.0 Å². The Kier molecular flexibility index (Phi) is 6.07. The van der Waals surface area contributed by atoms with Crippen molar-refractivity contribution in [2.24, 2.45) is 0 Å². The summed E-state index contributed by atoms with van der Waals surface area (Å²) in [6.07, 6.45) is -2.08. The van der Waals surface area contributed by atoms with Crippen molar-refractivity contribution >= 4 is 5.91 Å². The van der Waals surface area contributed by atoms with Crippen molar-refractivity contribution in [3.05, 3.63) is 35.4 Å². The fourth-order valence-electron chi connectivity index (χ4n) is 1.75. The van der Waals surface area contributed by atoms with Gasteiger partial charge in [0.15, 0.2) is 0 Å². The second-order valence-electron chi connectivity index (χ2n) is 5.77. The highest BCUT2D eigenvalue weighted by Gasteiger charge is 2.13. The molecule has 1 aromatic rings. The summed E-state index contributed by atoms with van der Waals surface area (Å²) in [5, 5.41) is 5.94. The summed E-state index contributed by atoms with van der Waals surface area (Å²) in [6.45, 7) is 6.76. The molecule has 1 amide bonds. The van der Waals surface area contributed by atoms with Crippen molar-refractivity contribution in [1.29, 1.82) is 0 Å². The summed E-state index contributed by atoms with van der Waals surface area (Å²) >= 11 is 0. The summed E-state index contributed by atoms with van der Waals surface area (Å²) in [4.78, 5) is 11.6. The van der Waals surface area contributed by atoms with Gasteiger partial charge in [0.2, 0.25) is 5.91 Å². The Hall–Kier alpha value is -1.49. The van der Waals surface area contributed by atoms with Gasteiger partial charge in [-0.15, -0.1) is 0 Å². The van der Waals surface area contributed by atoms with Crippen LogP contribution >= 0.6 is 0 Å². The molecule has 0 spiro atoms. The highest BCUT2D eigenvalue weighted by atomic mass is 19.3. The molecule has 3 nitrogen and oxygen atoms in total. The molecule has 0 bridgehead atoms. The Morgan fingerprint density at radius 2 is 2.00 bits per heavy atom. The van der Waals surface area contributed by atoms with E-state index in [4.69, 9.17) is 0 Å². The molecule has 5 heteroatoms. The number of carbonyl (C=O) groups is 1. The zero-order valence-corrected chi connectivity index (χ0v) is 12.2. The molecule has 0 unspecified atom stereocenters. The number of amides is 1. The summed E-state index contributed by atoms with van der Waals surface area (Å²) < 4.78 is 25.1. The standard InChI is InChI=1S/C15H22F2N2O/c1-15(2,3)19-13(20)7-8-18-10-11-5-4-6-12(9-11)14(16)17/h4-6,9,14,18H,7-8,10H2,1-3H3,(H,19,20). The minimum absolute atomic E-state index is 0.0219. The molecule has 0 heterocycles. The van der Waals surface area contributed by atoms with Gasteiger partial charge in [-0.2, -0.15) is 0 Å². The topological polar surface area (TPSA) is 41.1 Å². The predicted octanol–water partition coefficient (Wildman–Crippen LogP) is 3.02. The molecular formula is C15H22F2N2O. The van der Waals surface area contributed by atoms with Crippen LogP contribution in [0.4, 0.5) is 8.78 Å². The van der Waals surface area contributed by atoms with E-state index in [2.05, 4.69) is 10.6 Å². The van der Waals surface area contributed by atoms with Crippen LogP contribution in [0.15, 0.2) is 24.3 Å². The molecule has 0 aromatic heterocycles. The summed E-state index contributed by atoms with van der Waals surface area (Å²) in [6, 6.07) is 6.29. The third kappa shape index (κ3) is 6.61. The van der Waals surface area contributed by atoms with E-state index in [0.29, 0.717) is 19.5 Å². The number of halogens is 2. The van der Waals surface area contributed by atoms with Crippen LogP contribution in [0.3, 0.4) is 0 Å². The smallest absolute Gasteiger partial charge is 0.263 e. The van der Waals surface area contributed by atoms with Gasteiger partial charge in [-0.3, -0.25) is 4.79 Å². The van der Waals surface area contributed by atoms with Crippen molar-refractivity contribution in [1.82, 2.24) is 10.6 Å². The third-order valence-electron chi connectivity index (χ3n) is 2.58. The Morgan fingerprint density at radius 3 is 2.60 bits per heavy atom. The van der Waals surface area contributed by atoms with Gasteiger partial charge in [-0.05, 0) is 32.4 Å². The first-order valence-electron chi connectivity index (χ1n) is 6.66. The lowest BCUT2D eigenvalue weighted by Crippen LogP contribution is -2.41. The maximum absolute atomic E-state index is 12.5. The maximum atomic E-state index is 12.5. The summed E-state index contributed by atoms with van der Waals surface area (Å²) in [7, 11) is 0. The Morgan fingerprint density at radius 1 is 1.30 bits per heavy atom. The lowest BCUT2D eigenvalue weighted by atomic mass is 10.1. The first kappa shape index (κ1) is 16.6. The van der Waals surface area contributed by atoms with E-state index >= 15 is 0 Å². The maximum Gasteiger partial charge on any atom is 0.263 e. The molecule has 0 radical (unpaired) electrons. The average molecular weight is 284 g/mol. The van der Waals surface area contributed by atoms with Crippen LogP contribution in [0.25, 0.3) is 0 Å². The highest BCUT2D eigenvalue weighted by Crippen LogP contribution is 2.19. The number of benzene rings is 1. The Bertz CT molecular complexity index is 442. The normalized spacial score (nSPS) is 11.7. The molecule has 2 N–H and O–H groups in total. The Labute approximate surface area is 118 Å². The van der Waals surface area contributed by atoms with Crippen molar-refractivity contribution in [3.8, 4) is 0 Å². The van der Waals surface area contributed by atoms with Crippen LogP contribution in [0.5, 0.6) is 0 Å². The second-order valence-corrected chi connectivity index (χ2v) is 5.77. The quantitative estimate of drug-likeness (QED) is 0.788. The van der Waals surface area contributed by atoms with Gasteiger partial charge in [0.05, 0.1) is 0 Å². The van der Waals surface area contributed by atoms with E-state index < -0.39 is 6.43 Å². The number of rotatable bonds is 6. The van der Waals surface area contributed by atoms with Gasteiger partial charge in [0, 0.05) is 30.6 Å². The Balaban J connectivity index is 2.31. The molecule has 0 aliphatic carbocycles. The van der Waals surface area contributed by atoms with Gasteiger partial charge < -0.3 is 10.6 Å². The third-order valence-corrected chi connectivity index (χ3v) is 2.58. The number of carbonyl (C=O) groups excluding carboxylic acids is 1. The van der Waals surface area contributed by atoms with Crippen LogP contribution in [0, 0.1) is 0 Å². The highest BCUT2D eigenvalue weighted by molar-refractivity contribution is 5.76. The molecule has 0 aliphatic rings. The minimum Gasteiger partial charge on any atom is -0.351 e. The first-order valence-corrected chi connectivity index (χ1v) is 6.66. The summed E-state index contributed by atoms with van der Waals surface area (Å²) in [5.74, 6) is -0.0219. The fraction of sp³-hybridized carbons (Fsp3) is 0.533. The number of hydrogen-bond acceptors (Lipinski definition) is 2. The van der Waals surface area contributed by atoms with E-state index in [0.717, 1.165) is 5.56 Å². The number of alkyl halides is 2. The zero-order chi connectivity index (χ0) is 15.2. The van der Waals surface area contributed by atoms with Crippen LogP contribution in [-0.4, -0.2) is 18.0 Å². The molecule has 0 aliphatic heterocycles. The fourth-order valence-corrected chi connectivity index (χ4v) is 1.75. The van der Waals surface area contributed by atoms with Crippen molar-refractivity contribution in [3.63, 3.8) is 0 Å². The minimum atomic E-state index is -2.45. The van der Waals surface area contributed by atoms with Crippen LogP contribution in [0.2, 0.25) is 0 Å². The van der Waals surface area contributed by atoms with Crippen LogP contribution < -0.4 is 10.6 Å². The molecule has 112 valence electrons. The molecule has 20 heavy (non-hydrogen) atoms. The van der Waals surface area contributed by atoms with Crippen molar-refractivity contribution in [2.75, 3.05) is 6.54 Å². The largest absolute Gasteiger partial charge is 0.351 e. The van der Waals surface area contributed by atoms with E-state index in [1.807, 2.05) is 20.8 Å². The lowest BCUT2D eigenvalue weighted by Gasteiger charge is -2.20.